The van der Waals surface area contributed by atoms with Crippen molar-refractivity contribution in [2.24, 2.45) is 0 Å². The third kappa shape index (κ3) is 6.36. The van der Waals surface area contributed by atoms with Gasteiger partial charge in [-0.3, -0.25) is 9.63 Å². The van der Waals surface area contributed by atoms with Crippen LogP contribution in [0.1, 0.15) is 51.4 Å². The quantitative estimate of drug-likeness (QED) is 0.542. The monoisotopic (exact) mass is 273 g/mol. The van der Waals surface area contributed by atoms with Crippen LogP contribution in [0.2, 0.25) is 0 Å². The lowest BCUT2D eigenvalue weighted by Gasteiger charge is -2.30. The summed E-state index contributed by atoms with van der Waals surface area (Å²) in [4.78, 5) is 16.6. The van der Waals surface area contributed by atoms with Crippen LogP contribution in [-0.2, 0) is 14.4 Å². The molecule has 0 aromatic rings. The van der Waals surface area contributed by atoms with Crippen molar-refractivity contribution in [3.8, 4) is 0 Å². The second-order valence-corrected chi connectivity index (χ2v) is 5.16. The maximum Gasteiger partial charge on any atom is 0.248 e. The van der Waals surface area contributed by atoms with Gasteiger partial charge in [-0.25, -0.2) is 5.06 Å². The Morgan fingerprint density at radius 1 is 1.32 bits per heavy atom. The van der Waals surface area contributed by atoms with Gasteiger partial charge in [0.05, 0.1) is 25.7 Å². The third-order valence-corrected chi connectivity index (χ3v) is 3.65. The summed E-state index contributed by atoms with van der Waals surface area (Å²) < 4.78 is 5.97. The van der Waals surface area contributed by atoms with Crippen molar-refractivity contribution in [1.29, 1.82) is 0 Å². The Balaban J connectivity index is 2.24. The molecule has 5 nitrogen and oxygen atoms in total. The largest absolute Gasteiger partial charge is 0.396 e. The van der Waals surface area contributed by atoms with Crippen LogP contribution < -0.4 is 0 Å². The molecule has 5 heteroatoms. The number of hydrogen-bond donors (Lipinski definition) is 1. The van der Waals surface area contributed by atoms with E-state index in [1.807, 2.05) is 0 Å². The molecule has 1 rings (SSSR count). The van der Waals surface area contributed by atoms with Crippen molar-refractivity contribution in [2.75, 3.05) is 20.8 Å². The Kier molecular flexibility index (Phi) is 8.02. The van der Waals surface area contributed by atoms with Crippen LogP contribution in [0, 0.1) is 0 Å². The van der Waals surface area contributed by atoms with E-state index in [0.717, 1.165) is 44.9 Å². The van der Waals surface area contributed by atoms with Crippen molar-refractivity contribution >= 4 is 5.91 Å². The number of nitrogens with zero attached hydrogens (tertiary/aromatic N) is 1. The lowest BCUT2D eigenvalue weighted by atomic mass is 9.98. The van der Waals surface area contributed by atoms with E-state index in [0.29, 0.717) is 6.42 Å². The second kappa shape index (κ2) is 9.28. The molecule has 1 saturated heterocycles. The van der Waals surface area contributed by atoms with Gasteiger partial charge in [0, 0.05) is 13.7 Å². The summed E-state index contributed by atoms with van der Waals surface area (Å²) in [5.41, 5.74) is 0. The summed E-state index contributed by atoms with van der Waals surface area (Å²) in [5, 5.41) is 9.99. The van der Waals surface area contributed by atoms with Crippen LogP contribution in [0.15, 0.2) is 0 Å². The molecule has 1 amide bonds. The molecule has 0 bridgehead atoms. The molecule has 1 aliphatic heterocycles. The molecule has 0 aliphatic carbocycles. The van der Waals surface area contributed by atoms with Gasteiger partial charge < -0.3 is 9.84 Å². The highest BCUT2D eigenvalue weighted by atomic mass is 16.7. The summed E-state index contributed by atoms with van der Waals surface area (Å²) >= 11 is 0. The topological polar surface area (TPSA) is 59.0 Å². The Bertz CT molecular complexity index is 260. The molecule has 0 aromatic heterocycles. The molecule has 0 saturated carbocycles. The van der Waals surface area contributed by atoms with E-state index in [9.17, 15) is 4.79 Å². The molecule has 1 aliphatic rings. The smallest absolute Gasteiger partial charge is 0.248 e. The molecular weight excluding hydrogens is 246 g/mol. The van der Waals surface area contributed by atoms with Crippen LogP contribution in [0.25, 0.3) is 0 Å². The fourth-order valence-corrected chi connectivity index (χ4v) is 2.43. The van der Waals surface area contributed by atoms with Crippen molar-refractivity contribution in [3.63, 3.8) is 0 Å². The minimum absolute atomic E-state index is 0.0293. The second-order valence-electron chi connectivity index (χ2n) is 5.16. The number of hydrogen-bond acceptors (Lipinski definition) is 4. The number of amides is 1. The minimum Gasteiger partial charge on any atom is -0.396 e. The standard InChI is InChI=1S/C14H27NO4/c1-15(18-2)14(17)11-13-9-6-8-12(19-13)7-4-3-5-10-16/h12-13,16H,3-11H2,1-2H3. The first-order valence-corrected chi connectivity index (χ1v) is 7.24. The fraction of sp³-hybridized carbons (Fsp3) is 0.929. The van der Waals surface area contributed by atoms with E-state index < -0.39 is 0 Å². The van der Waals surface area contributed by atoms with Gasteiger partial charge in [0.15, 0.2) is 0 Å². The number of unbranched alkanes of at least 4 members (excludes halogenated alkanes) is 2. The molecule has 1 heterocycles. The van der Waals surface area contributed by atoms with E-state index >= 15 is 0 Å². The maximum absolute atomic E-state index is 11.7. The fourth-order valence-electron chi connectivity index (χ4n) is 2.43. The van der Waals surface area contributed by atoms with E-state index in [2.05, 4.69) is 0 Å². The molecule has 1 N–H and O–H groups in total. The number of carbonyl (C=O) groups is 1. The first-order valence-electron chi connectivity index (χ1n) is 7.24. The number of ether oxygens (including phenoxy) is 1. The average Bonchev–Trinajstić information content (AvgIpc) is 2.43. The van der Waals surface area contributed by atoms with Gasteiger partial charge in [0.25, 0.3) is 0 Å². The van der Waals surface area contributed by atoms with E-state index in [4.69, 9.17) is 14.7 Å². The number of rotatable bonds is 8. The Morgan fingerprint density at radius 3 is 2.74 bits per heavy atom. The van der Waals surface area contributed by atoms with Crippen LogP contribution >= 0.6 is 0 Å². The molecule has 0 spiro atoms. The van der Waals surface area contributed by atoms with Crippen molar-refractivity contribution in [1.82, 2.24) is 5.06 Å². The Labute approximate surface area is 115 Å². The summed E-state index contributed by atoms with van der Waals surface area (Å²) in [6, 6.07) is 0. The summed E-state index contributed by atoms with van der Waals surface area (Å²) in [5.74, 6) is -0.0339. The predicted molar refractivity (Wildman–Crippen MR) is 72.5 cm³/mol. The number of aliphatic hydroxyl groups is 1. The zero-order chi connectivity index (χ0) is 14.1. The minimum atomic E-state index is -0.0339. The SMILES string of the molecule is CON(C)C(=O)CC1CCCC(CCCCCO)O1. The highest BCUT2D eigenvalue weighted by molar-refractivity contribution is 5.75. The van der Waals surface area contributed by atoms with E-state index in [1.165, 1.54) is 12.2 Å². The number of hydroxylamine groups is 2. The van der Waals surface area contributed by atoms with Crippen LogP contribution in [0.5, 0.6) is 0 Å². The molecule has 112 valence electrons. The van der Waals surface area contributed by atoms with E-state index in [1.54, 1.807) is 7.05 Å². The van der Waals surface area contributed by atoms with Gasteiger partial charge in [-0.15, -0.1) is 0 Å². The lowest BCUT2D eigenvalue weighted by molar-refractivity contribution is -0.173. The van der Waals surface area contributed by atoms with Gasteiger partial charge in [0.1, 0.15) is 0 Å². The highest BCUT2D eigenvalue weighted by Gasteiger charge is 2.25. The molecule has 19 heavy (non-hydrogen) atoms. The summed E-state index contributed by atoms with van der Waals surface area (Å²) in [7, 11) is 3.11. The molecule has 2 atom stereocenters. The van der Waals surface area contributed by atoms with Gasteiger partial charge in [-0.05, 0) is 32.1 Å². The molecule has 2 unspecified atom stereocenters. The average molecular weight is 273 g/mol. The van der Waals surface area contributed by atoms with Gasteiger partial charge in [-0.1, -0.05) is 12.8 Å². The van der Waals surface area contributed by atoms with Crippen molar-refractivity contribution in [2.45, 2.75) is 63.6 Å². The normalized spacial score (nSPS) is 23.3. The van der Waals surface area contributed by atoms with Gasteiger partial charge in [-0.2, -0.15) is 0 Å². The van der Waals surface area contributed by atoms with Crippen molar-refractivity contribution in [3.05, 3.63) is 0 Å². The zero-order valence-corrected chi connectivity index (χ0v) is 12.1. The number of carbonyl (C=O) groups excluding carboxylic acids is 1. The highest BCUT2D eigenvalue weighted by Crippen LogP contribution is 2.25. The lowest BCUT2D eigenvalue weighted by Crippen LogP contribution is -2.34. The Morgan fingerprint density at radius 2 is 2.05 bits per heavy atom. The number of aliphatic hydroxyl groups excluding tert-OH is 1. The summed E-state index contributed by atoms with van der Waals surface area (Å²) in [6.07, 6.45) is 7.91. The van der Waals surface area contributed by atoms with Crippen LogP contribution in [0.3, 0.4) is 0 Å². The summed E-state index contributed by atoms with van der Waals surface area (Å²) in [6.45, 7) is 0.270. The van der Waals surface area contributed by atoms with Crippen molar-refractivity contribution < 1.29 is 19.5 Å². The van der Waals surface area contributed by atoms with E-state index in [-0.39, 0.29) is 24.7 Å². The maximum atomic E-state index is 11.7. The zero-order valence-electron chi connectivity index (χ0n) is 12.1. The van der Waals surface area contributed by atoms with Crippen LogP contribution in [-0.4, -0.2) is 49.0 Å². The molecule has 0 aromatic carbocycles. The van der Waals surface area contributed by atoms with Crippen LogP contribution in [0.4, 0.5) is 0 Å². The predicted octanol–water partition coefficient (Wildman–Crippen LogP) is 1.89. The third-order valence-electron chi connectivity index (χ3n) is 3.65. The first kappa shape index (κ1) is 16.4. The van der Waals surface area contributed by atoms with Gasteiger partial charge >= 0.3 is 0 Å². The molecule has 0 radical (unpaired) electrons. The van der Waals surface area contributed by atoms with Gasteiger partial charge in [0.2, 0.25) is 5.91 Å². The molecule has 1 fully saturated rings. The first-order chi connectivity index (χ1) is 9.17. The Hall–Kier alpha value is -0.650. The molecular formula is C14H27NO4.